The predicted octanol–water partition coefficient (Wildman–Crippen LogP) is 3.87. The van der Waals surface area contributed by atoms with E-state index < -0.39 is 4.33 Å². The second-order valence-electron chi connectivity index (χ2n) is 4.09. The van der Waals surface area contributed by atoms with Crippen LogP contribution < -0.4 is 10.1 Å². The van der Waals surface area contributed by atoms with Crippen molar-refractivity contribution in [3.63, 3.8) is 0 Å². The fraction of sp³-hybridized carbons (Fsp3) is 0.417. The number of carbonyl (C=O) groups excluding carboxylic acids is 1. The number of anilines is 1. The first kappa shape index (κ1) is 13.8. The third-order valence-corrected chi connectivity index (χ3v) is 3.77. The molecule has 18 heavy (non-hydrogen) atoms. The van der Waals surface area contributed by atoms with E-state index in [0.29, 0.717) is 29.5 Å². The van der Waals surface area contributed by atoms with Crippen LogP contribution in [0.4, 0.5) is 5.69 Å². The van der Waals surface area contributed by atoms with Crippen molar-refractivity contribution in [1.82, 2.24) is 0 Å². The van der Waals surface area contributed by atoms with Gasteiger partial charge in [0.1, 0.15) is 10.1 Å². The molecule has 1 aromatic rings. The molecule has 1 atom stereocenters. The topological polar surface area (TPSA) is 38.3 Å². The molecule has 1 fully saturated rings. The maximum Gasteiger partial charge on any atom is 0.230 e. The fourth-order valence-electron chi connectivity index (χ4n) is 1.58. The fourth-order valence-corrected chi connectivity index (χ4v) is 2.32. The van der Waals surface area contributed by atoms with Crippen LogP contribution in [-0.2, 0) is 4.79 Å². The van der Waals surface area contributed by atoms with E-state index in [0.717, 1.165) is 0 Å². The number of hydrogen-bond acceptors (Lipinski definition) is 2. The van der Waals surface area contributed by atoms with Crippen LogP contribution in [0.2, 0.25) is 5.02 Å². The second kappa shape index (κ2) is 5.16. The van der Waals surface area contributed by atoms with E-state index in [1.807, 2.05) is 6.92 Å². The summed E-state index contributed by atoms with van der Waals surface area (Å²) in [6.07, 6.45) is 0.479. The Hall–Kier alpha value is -0.640. The first-order chi connectivity index (χ1) is 8.44. The molecule has 0 aromatic heterocycles. The lowest BCUT2D eigenvalue weighted by Gasteiger charge is -2.09. The van der Waals surface area contributed by atoms with Crippen molar-refractivity contribution in [2.24, 2.45) is 5.92 Å². The van der Waals surface area contributed by atoms with Crippen LogP contribution in [-0.4, -0.2) is 16.8 Å². The van der Waals surface area contributed by atoms with Gasteiger partial charge >= 0.3 is 0 Å². The molecule has 1 N–H and O–H groups in total. The Labute approximate surface area is 120 Å². The zero-order valence-corrected chi connectivity index (χ0v) is 11.9. The maximum absolute atomic E-state index is 11.8. The number of rotatable bonds is 4. The molecule has 0 aliphatic heterocycles. The van der Waals surface area contributed by atoms with E-state index in [1.54, 1.807) is 18.2 Å². The minimum absolute atomic E-state index is 0.194. The summed E-state index contributed by atoms with van der Waals surface area (Å²) in [5, 5.41) is 3.17. The van der Waals surface area contributed by atoms with Gasteiger partial charge in [-0.15, -0.1) is 23.2 Å². The smallest absolute Gasteiger partial charge is 0.230 e. The summed E-state index contributed by atoms with van der Waals surface area (Å²) >= 11 is 17.7. The quantitative estimate of drug-likeness (QED) is 0.858. The van der Waals surface area contributed by atoms with Gasteiger partial charge in [0.05, 0.1) is 17.5 Å². The highest BCUT2D eigenvalue weighted by Crippen LogP contribution is 2.53. The van der Waals surface area contributed by atoms with E-state index in [-0.39, 0.29) is 11.8 Å². The summed E-state index contributed by atoms with van der Waals surface area (Å²) < 4.78 is 4.39. The molecule has 0 bridgehead atoms. The summed E-state index contributed by atoms with van der Waals surface area (Å²) in [4.78, 5) is 11.8. The van der Waals surface area contributed by atoms with Gasteiger partial charge in [0, 0.05) is 5.69 Å². The summed E-state index contributed by atoms with van der Waals surface area (Å²) in [6, 6.07) is 5.07. The Bertz CT molecular complexity index is 476. The monoisotopic (exact) mass is 307 g/mol. The SMILES string of the molecule is CCOc1ccc(NC(=O)C2CC2(Cl)Cl)cc1Cl. The normalized spacial score (nSPS) is 20.3. The van der Waals surface area contributed by atoms with Gasteiger partial charge in [-0.05, 0) is 31.5 Å². The van der Waals surface area contributed by atoms with Crippen molar-refractivity contribution in [1.29, 1.82) is 0 Å². The number of carbonyl (C=O) groups is 1. The van der Waals surface area contributed by atoms with Gasteiger partial charge in [0.2, 0.25) is 5.91 Å². The number of benzene rings is 1. The predicted molar refractivity (Wildman–Crippen MR) is 73.8 cm³/mol. The van der Waals surface area contributed by atoms with Crippen LogP contribution in [0, 0.1) is 5.92 Å². The molecule has 0 radical (unpaired) electrons. The number of halogens is 3. The molecule has 0 spiro atoms. The Morgan fingerprint density at radius 1 is 1.56 bits per heavy atom. The van der Waals surface area contributed by atoms with E-state index >= 15 is 0 Å². The van der Waals surface area contributed by atoms with Gasteiger partial charge in [-0.25, -0.2) is 0 Å². The van der Waals surface area contributed by atoms with E-state index in [2.05, 4.69) is 5.32 Å². The lowest BCUT2D eigenvalue weighted by molar-refractivity contribution is -0.117. The maximum atomic E-state index is 11.8. The van der Waals surface area contributed by atoms with Crippen molar-refractivity contribution in [3.8, 4) is 5.75 Å². The lowest BCUT2D eigenvalue weighted by Crippen LogP contribution is -2.16. The first-order valence-electron chi connectivity index (χ1n) is 5.55. The second-order valence-corrected chi connectivity index (χ2v) is 6.03. The third-order valence-electron chi connectivity index (χ3n) is 2.64. The van der Waals surface area contributed by atoms with Crippen LogP contribution in [0.25, 0.3) is 0 Å². The number of hydrogen-bond donors (Lipinski definition) is 1. The van der Waals surface area contributed by atoms with Crippen molar-refractivity contribution >= 4 is 46.4 Å². The molecule has 1 aromatic carbocycles. The molecule has 1 unspecified atom stereocenters. The summed E-state index contributed by atoms with van der Waals surface area (Å²) in [5.74, 6) is 0.0408. The largest absolute Gasteiger partial charge is 0.492 e. The van der Waals surface area contributed by atoms with Gasteiger partial charge < -0.3 is 10.1 Å². The highest BCUT2D eigenvalue weighted by atomic mass is 35.5. The van der Waals surface area contributed by atoms with E-state index in [9.17, 15) is 4.79 Å². The van der Waals surface area contributed by atoms with Crippen LogP contribution in [0.5, 0.6) is 5.75 Å². The first-order valence-corrected chi connectivity index (χ1v) is 6.68. The molecule has 1 amide bonds. The highest BCUT2D eigenvalue weighted by molar-refractivity contribution is 6.52. The van der Waals surface area contributed by atoms with Gasteiger partial charge in [-0.1, -0.05) is 11.6 Å². The van der Waals surface area contributed by atoms with Gasteiger partial charge in [0.15, 0.2) is 0 Å². The molecule has 0 heterocycles. The van der Waals surface area contributed by atoms with E-state index in [1.165, 1.54) is 0 Å². The summed E-state index contributed by atoms with van der Waals surface area (Å²) in [7, 11) is 0. The highest BCUT2D eigenvalue weighted by Gasteiger charge is 2.56. The van der Waals surface area contributed by atoms with Crippen LogP contribution in [0.15, 0.2) is 18.2 Å². The van der Waals surface area contributed by atoms with E-state index in [4.69, 9.17) is 39.5 Å². The van der Waals surface area contributed by atoms with Crippen LogP contribution >= 0.6 is 34.8 Å². The standard InChI is InChI=1S/C12H12Cl3NO2/c1-2-18-10-4-3-7(5-9(10)13)16-11(17)8-6-12(8,14)15/h3-5,8H,2,6H2,1H3,(H,16,17). The average Bonchev–Trinajstić information content (AvgIpc) is 2.92. The van der Waals surface area contributed by atoms with Crippen molar-refractivity contribution in [2.75, 3.05) is 11.9 Å². The van der Waals surface area contributed by atoms with Crippen molar-refractivity contribution in [3.05, 3.63) is 23.2 Å². The minimum atomic E-state index is -0.918. The molecule has 6 heteroatoms. The Kier molecular flexibility index (Phi) is 3.95. The van der Waals surface area contributed by atoms with Gasteiger partial charge in [-0.3, -0.25) is 4.79 Å². The Morgan fingerprint density at radius 2 is 2.22 bits per heavy atom. The average molecular weight is 309 g/mol. The molecule has 0 saturated heterocycles. The Morgan fingerprint density at radius 3 is 2.72 bits per heavy atom. The third kappa shape index (κ3) is 3.02. The zero-order valence-electron chi connectivity index (χ0n) is 9.67. The zero-order chi connectivity index (χ0) is 13.3. The number of ether oxygens (including phenoxy) is 1. The molecule has 98 valence electrons. The number of amides is 1. The number of nitrogens with one attached hydrogen (secondary N) is 1. The van der Waals surface area contributed by atoms with Gasteiger partial charge in [0.25, 0.3) is 0 Å². The summed E-state index contributed by atoms with van der Waals surface area (Å²) in [6.45, 7) is 2.41. The molecule has 1 aliphatic rings. The molecule has 2 rings (SSSR count). The van der Waals surface area contributed by atoms with Crippen LogP contribution in [0.1, 0.15) is 13.3 Å². The lowest BCUT2D eigenvalue weighted by atomic mass is 10.3. The van der Waals surface area contributed by atoms with Crippen molar-refractivity contribution < 1.29 is 9.53 Å². The Balaban J connectivity index is 2.02. The molecule has 3 nitrogen and oxygen atoms in total. The minimum Gasteiger partial charge on any atom is -0.492 e. The van der Waals surface area contributed by atoms with Crippen LogP contribution in [0.3, 0.4) is 0 Å². The molecular formula is C12H12Cl3NO2. The molecular weight excluding hydrogens is 296 g/mol. The van der Waals surface area contributed by atoms with Gasteiger partial charge in [-0.2, -0.15) is 0 Å². The molecule has 1 aliphatic carbocycles. The summed E-state index contributed by atoms with van der Waals surface area (Å²) in [5.41, 5.74) is 0.601. The van der Waals surface area contributed by atoms with Crippen molar-refractivity contribution in [2.45, 2.75) is 17.7 Å². The molecule has 1 saturated carbocycles. The number of alkyl halides is 2.